The number of benzene rings is 1. The van der Waals surface area contributed by atoms with Crippen molar-refractivity contribution in [2.24, 2.45) is 0 Å². The maximum atomic E-state index is 11.5. The fourth-order valence-corrected chi connectivity index (χ4v) is 1.30. The molecule has 92 valence electrons. The Balaban J connectivity index is 2.95. The number of hydrogen-bond acceptors (Lipinski definition) is 5. The second-order valence-electron chi connectivity index (χ2n) is 3.29. The lowest BCUT2D eigenvalue weighted by Crippen LogP contribution is -2.19. The van der Waals surface area contributed by atoms with Crippen molar-refractivity contribution in [3.63, 3.8) is 0 Å². The molecule has 1 rings (SSSR count). The molecule has 0 spiro atoms. The van der Waals surface area contributed by atoms with E-state index in [2.05, 4.69) is 4.74 Å². The van der Waals surface area contributed by atoms with Crippen LogP contribution >= 0.6 is 0 Å². The van der Waals surface area contributed by atoms with Gasteiger partial charge in [-0.2, -0.15) is 0 Å². The molecule has 1 aromatic rings. The quantitative estimate of drug-likeness (QED) is 0.743. The SMILES string of the molecule is COC(=O)[C@@H](OC(C)=O)c1ccc(OC)cc1. The lowest BCUT2D eigenvalue weighted by Gasteiger charge is -2.15. The number of ether oxygens (including phenoxy) is 3. The van der Waals surface area contributed by atoms with Gasteiger partial charge in [0, 0.05) is 12.5 Å². The van der Waals surface area contributed by atoms with Crippen LogP contribution in [-0.4, -0.2) is 26.2 Å². The molecule has 1 aromatic carbocycles. The number of rotatable bonds is 4. The van der Waals surface area contributed by atoms with Crippen molar-refractivity contribution < 1.29 is 23.8 Å². The summed E-state index contributed by atoms with van der Waals surface area (Å²) in [5.41, 5.74) is 0.535. The molecule has 0 radical (unpaired) electrons. The van der Waals surface area contributed by atoms with E-state index in [4.69, 9.17) is 9.47 Å². The first-order chi connectivity index (χ1) is 8.08. The number of carbonyl (C=O) groups is 2. The molecule has 0 bridgehead atoms. The van der Waals surface area contributed by atoms with Gasteiger partial charge in [0.05, 0.1) is 14.2 Å². The molecule has 0 aromatic heterocycles. The molecule has 1 atom stereocenters. The summed E-state index contributed by atoms with van der Waals surface area (Å²) < 4.78 is 14.5. The Hall–Kier alpha value is -2.04. The van der Waals surface area contributed by atoms with E-state index in [9.17, 15) is 9.59 Å². The Labute approximate surface area is 99.3 Å². The topological polar surface area (TPSA) is 61.8 Å². The van der Waals surface area contributed by atoms with Crippen molar-refractivity contribution in [1.29, 1.82) is 0 Å². The molecular formula is C12H14O5. The largest absolute Gasteiger partial charge is 0.497 e. The van der Waals surface area contributed by atoms with E-state index >= 15 is 0 Å². The van der Waals surface area contributed by atoms with Crippen molar-refractivity contribution in [2.45, 2.75) is 13.0 Å². The number of carbonyl (C=O) groups excluding carboxylic acids is 2. The third kappa shape index (κ3) is 3.48. The van der Waals surface area contributed by atoms with Crippen LogP contribution in [0.1, 0.15) is 18.6 Å². The second kappa shape index (κ2) is 5.89. The average Bonchev–Trinajstić information content (AvgIpc) is 2.35. The predicted molar refractivity (Wildman–Crippen MR) is 59.5 cm³/mol. The molecule has 0 aliphatic heterocycles. The summed E-state index contributed by atoms with van der Waals surface area (Å²) in [5.74, 6) is -0.512. The van der Waals surface area contributed by atoms with Gasteiger partial charge in [-0.25, -0.2) is 4.79 Å². The summed E-state index contributed by atoms with van der Waals surface area (Å²) in [7, 11) is 2.78. The van der Waals surface area contributed by atoms with Crippen LogP contribution in [0.25, 0.3) is 0 Å². The van der Waals surface area contributed by atoms with Crippen molar-refractivity contribution in [1.82, 2.24) is 0 Å². The Morgan fingerprint density at radius 1 is 1.12 bits per heavy atom. The highest BCUT2D eigenvalue weighted by Gasteiger charge is 2.24. The normalized spacial score (nSPS) is 11.5. The van der Waals surface area contributed by atoms with Crippen LogP contribution in [0, 0.1) is 0 Å². The molecular weight excluding hydrogens is 224 g/mol. The van der Waals surface area contributed by atoms with Crippen LogP contribution in [0.2, 0.25) is 0 Å². The van der Waals surface area contributed by atoms with E-state index in [1.54, 1.807) is 31.4 Å². The van der Waals surface area contributed by atoms with Crippen LogP contribution in [0.15, 0.2) is 24.3 Å². The van der Waals surface area contributed by atoms with Crippen LogP contribution in [-0.2, 0) is 19.1 Å². The van der Waals surface area contributed by atoms with Crippen LogP contribution in [0.4, 0.5) is 0 Å². The number of hydrogen-bond donors (Lipinski definition) is 0. The van der Waals surface area contributed by atoms with Gasteiger partial charge in [-0.1, -0.05) is 12.1 Å². The fourth-order valence-electron chi connectivity index (χ4n) is 1.30. The molecule has 0 unspecified atom stereocenters. The second-order valence-corrected chi connectivity index (χ2v) is 3.29. The van der Waals surface area contributed by atoms with Crippen molar-refractivity contribution in [2.75, 3.05) is 14.2 Å². The van der Waals surface area contributed by atoms with E-state index in [1.165, 1.54) is 14.0 Å². The van der Waals surface area contributed by atoms with Gasteiger partial charge in [0.2, 0.25) is 6.10 Å². The maximum Gasteiger partial charge on any atom is 0.351 e. The predicted octanol–water partition coefficient (Wildman–Crippen LogP) is 1.47. The molecule has 0 heterocycles. The van der Waals surface area contributed by atoms with Gasteiger partial charge >= 0.3 is 11.9 Å². The van der Waals surface area contributed by atoms with Gasteiger partial charge in [0.1, 0.15) is 5.75 Å². The third-order valence-electron chi connectivity index (χ3n) is 2.12. The van der Waals surface area contributed by atoms with E-state index < -0.39 is 18.0 Å². The number of esters is 2. The minimum atomic E-state index is -1.04. The molecule has 5 heteroatoms. The van der Waals surface area contributed by atoms with Gasteiger partial charge in [-0.3, -0.25) is 4.79 Å². The molecule has 0 aliphatic carbocycles. The van der Waals surface area contributed by atoms with Gasteiger partial charge < -0.3 is 14.2 Å². The summed E-state index contributed by atoms with van der Waals surface area (Å²) in [6.07, 6.45) is -1.04. The third-order valence-corrected chi connectivity index (χ3v) is 2.12. The van der Waals surface area contributed by atoms with Crippen LogP contribution in [0.3, 0.4) is 0 Å². The standard InChI is InChI=1S/C12H14O5/c1-8(13)17-11(12(14)16-3)9-4-6-10(15-2)7-5-9/h4-7,11H,1-3H3/t11-/m0/s1. The highest BCUT2D eigenvalue weighted by atomic mass is 16.6. The molecule has 0 amide bonds. The Bertz CT molecular complexity index is 396. The highest BCUT2D eigenvalue weighted by Crippen LogP contribution is 2.22. The van der Waals surface area contributed by atoms with Crippen LogP contribution in [0.5, 0.6) is 5.75 Å². The average molecular weight is 238 g/mol. The molecule has 0 N–H and O–H groups in total. The molecule has 0 saturated carbocycles. The minimum Gasteiger partial charge on any atom is -0.497 e. The minimum absolute atomic E-state index is 0.535. The monoisotopic (exact) mass is 238 g/mol. The summed E-state index contributed by atoms with van der Waals surface area (Å²) >= 11 is 0. The lowest BCUT2D eigenvalue weighted by molar-refractivity contribution is -0.165. The van der Waals surface area contributed by atoms with Gasteiger partial charge in [0.25, 0.3) is 0 Å². The Morgan fingerprint density at radius 3 is 2.12 bits per heavy atom. The van der Waals surface area contributed by atoms with Crippen molar-refractivity contribution >= 4 is 11.9 Å². The van der Waals surface area contributed by atoms with E-state index in [0.29, 0.717) is 11.3 Å². The molecule has 5 nitrogen and oxygen atoms in total. The summed E-state index contributed by atoms with van der Waals surface area (Å²) in [6, 6.07) is 6.64. The molecule has 0 saturated heterocycles. The highest BCUT2D eigenvalue weighted by molar-refractivity contribution is 5.80. The first-order valence-corrected chi connectivity index (χ1v) is 4.97. The van der Waals surface area contributed by atoms with E-state index in [0.717, 1.165) is 0 Å². The van der Waals surface area contributed by atoms with Crippen molar-refractivity contribution in [3.05, 3.63) is 29.8 Å². The first-order valence-electron chi connectivity index (χ1n) is 4.97. The fraction of sp³-hybridized carbons (Fsp3) is 0.333. The number of methoxy groups -OCH3 is 2. The smallest absolute Gasteiger partial charge is 0.351 e. The van der Waals surface area contributed by atoms with Crippen LogP contribution < -0.4 is 4.74 Å². The first kappa shape index (κ1) is 13.0. The molecule has 0 fully saturated rings. The summed E-state index contributed by atoms with van der Waals surface area (Å²) in [5, 5.41) is 0. The lowest BCUT2D eigenvalue weighted by atomic mass is 10.1. The zero-order valence-corrected chi connectivity index (χ0v) is 9.93. The zero-order valence-electron chi connectivity index (χ0n) is 9.93. The summed E-state index contributed by atoms with van der Waals surface area (Å²) in [4.78, 5) is 22.4. The maximum absolute atomic E-state index is 11.5. The van der Waals surface area contributed by atoms with E-state index in [-0.39, 0.29) is 0 Å². The van der Waals surface area contributed by atoms with Crippen molar-refractivity contribution in [3.8, 4) is 5.75 Å². The Kier molecular flexibility index (Phi) is 4.51. The van der Waals surface area contributed by atoms with Gasteiger partial charge in [-0.05, 0) is 12.1 Å². The van der Waals surface area contributed by atoms with Gasteiger partial charge in [-0.15, -0.1) is 0 Å². The molecule has 17 heavy (non-hydrogen) atoms. The molecule has 0 aliphatic rings. The van der Waals surface area contributed by atoms with E-state index in [1.807, 2.05) is 0 Å². The van der Waals surface area contributed by atoms with Gasteiger partial charge in [0.15, 0.2) is 0 Å². The zero-order chi connectivity index (χ0) is 12.8. The Morgan fingerprint density at radius 2 is 1.71 bits per heavy atom. The summed E-state index contributed by atoms with van der Waals surface area (Å²) in [6.45, 7) is 1.24.